The first-order chi connectivity index (χ1) is 10.6. The van der Waals surface area contributed by atoms with Crippen LogP contribution in [0.1, 0.15) is 85.0 Å². The van der Waals surface area contributed by atoms with E-state index in [0.29, 0.717) is 13.0 Å². The maximum Gasteiger partial charge on any atom is 0.416 e. The van der Waals surface area contributed by atoms with Crippen molar-refractivity contribution in [2.75, 3.05) is 6.61 Å². The Morgan fingerprint density at radius 3 is 2.18 bits per heavy atom. The van der Waals surface area contributed by atoms with E-state index in [1.165, 1.54) is 49.8 Å². The van der Waals surface area contributed by atoms with E-state index in [4.69, 9.17) is 4.74 Å². The van der Waals surface area contributed by atoms with Gasteiger partial charge < -0.3 is 4.74 Å². The minimum atomic E-state index is -0.459. The van der Waals surface area contributed by atoms with Crippen LogP contribution in [0.15, 0.2) is 0 Å². The quantitative estimate of drug-likeness (QED) is 0.509. The topological polar surface area (TPSA) is 46.6 Å². The van der Waals surface area contributed by atoms with Gasteiger partial charge >= 0.3 is 6.09 Å². The summed E-state index contributed by atoms with van der Waals surface area (Å²) in [7, 11) is 0. The second-order valence-electron chi connectivity index (χ2n) is 6.73. The van der Waals surface area contributed by atoms with Gasteiger partial charge in [-0.05, 0) is 12.3 Å². The fourth-order valence-corrected chi connectivity index (χ4v) is 2.92. The first-order valence-corrected chi connectivity index (χ1v) is 9.06. The highest BCUT2D eigenvalue weighted by molar-refractivity contribution is 5.93. The average Bonchev–Trinajstić information content (AvgIpc) is 2.87. The minimum absolute atomic E-state index is 0.0656. The van der Waals surface area contributed by atoms with Crippen LogP contribution in [-0.2, 0) is 9.53 Å². The molecule has 0 unspecified atom stereocenters. The molecule has 0 radical (unpaired) electrons. The van der Waals surface area contributed by atoms with Gasteiger partial charge in [0.15, 0.2) is 0 Å². The number of unbranched alkanes of at least 4 members (excludes halogenated alkanes) is 8. The highest BCUT2D eigenvalue weighted by Crippen LogP contribution is 2.21. The maximum absolute atomic E-state index is 12.2. The zero-order chi connectivity index (χ0) is 16.4. The van der Waals surface area contributed by atoms with Gasteiger partial charge in [-0.3, -0.25) is 4.79 Å². The summed E-state index contributed by atoms with van der Waals surface area (Å²) in [5, 5.41) is 0. The Kier molecular flexibility index (Phi) is 9.17. The molecule has 0 bridgehead atoms. The van der Waals surface area contributed by atoms with Gasteiger partial charge in [-0.1, -0.05) is 72.1 Å². The van der Waals surface area contributed by atoms with Crippen LogP contribution in [0.5, 0.6) is 0 Å². The zero-order valence-electron chi connectivity index (χ0n) is 14.6. The van der Waals surface area contributed by atoms with Crippen molar-refractivity contribution in [3.63, 3.8) is 0 Å². The summed E-state index contributed by atoms with van der Waals surface area (Å²) in [5.41, 5.74) is 0. The molecule has 0 spiro atoms. The van der Waals surface area contributed by atoms with Gasteiger partial charge in [0.2, 0.25) is 5.91 Å². The van der Waals surface area contributed by atoms with E-state index in [1.54, 1.807) is 0 Å². The predicted molar refractivity (Wildman–Crippen MR) is 88.7 cm³/mol. The molecule has 0 N–H and O–H groups in total. The third-order valence-electron chi connectivity index (χ3n) is 4.44. The summed E-state index contributed by atoms with van der Waals surface area (Å²) in [6.45, 7) is 6.62. The standard InChI is InChI=1S/C18H33NO3/c1-4-5-6-7-8-9-10-11-12-13-17(20)19-16(15(2)3)14-22-18(19)21/h15-16H,4-14H2,1-3H3/t16-/m1/s1. The summed E-state index contributed by atoms with van der Waals surface area (Å²) in [5.74, 6) is 0.183. The van der Waals surface area contributed by atoms with E-state index in [2.05, 4.69) is 6.92 Å². The molecule has 1 saturated heterocycles. The van der Waals surface area contributed by atoms with Gasteiger partial charge in [0.05, 0.1) is 6.04 Å². The molecule has 1 aliphatic rings. The number of cyclic esters (lactones) is 1. The van der Waals surface area contributed by atoms with Gasteiger partial charge in [0.1, 0.15) is 6.61 Å². The second-order valence-corrected chi connectivity index (χ2v) is 6.73. The fourth-order valence-electron chi connectivity index (χ4n) is 2.92. The van der Waals surface area contributed by atoms with E-state index < -0.39 is 6.09 Å². The number of hydrogen-bond donors (Lipinski definition) is 0. The van der Waals surface area contributed by atoms with Crippen molar-refractivity contribution in [2.24, 2.45) is 5.92 Å². The van der Waals surface area contributed by atoms with Crippen LogP contribution >= 0.6 is 0 Å². The van der Waals surface area contributed by atoms with Crippen molar-refractivity contribution in [1.82, 2.24) is 4.90 Å². The molecular formula is C18H33NO3. The molecule has 22 heavy (non-hydrogen) atoms. The van der Waals surface area contributed by atoms with Gasteiger partial charge in [-0.25, -0.2) is 9.69 Å². The summed E-state index contributed by atoms with van der Waals surface area (Å²) < 4.78 is 5.02. The van der Waals surface area contributed by atoms with Crippen LogP contribution in [0.3, 0.4) is 0 Å². The van der Waals surface area contributed by atoms with Crippen LogP contribution in [0.4, 0.5) is 4.79 Å². The highest BCUT2D eigenvalue weighted by atomic mass is 16.6. The van der Waals surface area contributed by atoms with E-state index in [1.807, 2.05) is 13.8 Å². The normalized spacial score (nSPS) is 18.1. The summed E-state index contributed by atoms with van der Waals surface area (Å²) in [6.07, 6.45) is 11.0. The number of hydrogen-bond acceptors (Lipinski definition) is 3. The number of ether oxygens (including phenoxy) is 1. The summed E-state index contributed by atoms with van der Waals surface area (Å²) in [4.78, 5) is 25.2. The number of rotatable bonds is 11. The van der Waals surface area contributed by atoms with Gasteiger partial charge in [-0.15, -0.1) is 0 Å². The minimum Gasteiger partial charge on any atom is -0.447 e. The van der Waals surface area contributed by atoms with Gasteiger partial charge in [0, 0.05) is 6.42 Å². The molecule has 4 heteroatoms. The molecule has 0 saturated carbocycles. The molecule has 1 fully saturated rings. The van der Waals surface area contributed by atoms with Crippen molar-refractivity contribution in [3.8, 4) is 0 Å². The first-order valence-electron chi connectivity index (χ1n) is 9.06. The van der Waals surface area contributed by atoms with E-state index in [-0.39, 0.29) is 17.9 Å². The highest BCUT2D eigenvalue weighted by Gasteiger charge is 2.38. The Labute approximate surface area is 135 Å². The summed E-state index contributed by atoms with van der Waals surface area (Å²) in [6, 6.07) is -0.0847. The Morgan fingerprint density at radius 2 is 1.64 bits per heavy atom. The first kappa shape index (κ1) is 19.0. The van der Waals surface area contributed by atoms with Gasteiger partial charge in [0.25, 0.3) is 0 Å². The smallest absolute Gasteiger partial charge is 0.416 e. The molecule has 1 aliphatic heterocycles. The molecule has 0 aromatic heterocycles. The monoisotopic (exact) mass is 311 g/mol. The molecule has 0 aliphatic carbocycles. The number of imide groups is 1. The SMILES string of the molecule is CCCCCCCCCCCC(=O)N1C(=O)OC[C@@H]1C(C)C. The fraction of sp³-hybridized carbons (Fsp3) is 0.889. The lowest BCUT2D eigenvalue weighted by Gasteiger charge is -2.22. The third-order valence-corrected chi connectivity index (χ3v) is 4.44. The number of amides is 2. The summed E-state index contributed by atoms with van der Waals surface area (Å²) >= 11 is 0. The van der Waals surface area contributed by atoms with Crippen molar-refractivity contribution >= 4 is 12.0 Å². The second kappa shape index (κ2) is 10.6. The Bertz CT molecular complexity index is 341. The Hall–Kier alpha value is -1.06. The van der Waals surface area contributed by atoms with Crippen LogP contribution in [0, 0.1) is 5.92 Å². The lowest BCUT2D eigenvalue weighted by molar-refractivity contribution is -0.129. The maximum atomic E-state index is 12.2. The van der Waals surface area contributed by atoms with Crippen molar-refractivity contribution in [1.29, 1.82) is 0 Å². The van der Waals surface area contributed by atoms with E-state index in [0.717, 1.165) is 12.8 Å². The van der Waals surface area contributed by atoms with Crippen molar-refractivity contribution in [3.05, 3.63) is 0 Å². The molecule has 0 aromatic carbocycles. The number of carbonyl (C=O) groups is 2. The van der Waals surface area contributed by atoms with Crippen molar-refractivity contribution in [2.45, 2.75) is 91.0 Å². The van der Waals surface area contributed by atoms with Gasteiger partial charge in [-0.2, -0.15) is 0 Å². The number of nitrogens with zero attached hydrogens (tertiary/aromatic N) is 1. The molecule has 2 amide bonds. The molecule has 0 aromatic rings. The van der Waals surface area contributed by atoms with Crippen LogP contribution in [0.2, 0.25) is 0 Å². The van der Waals surface area contributed by atoms with Crippen molar-refractivity contribution < 1.29 is 14.3 Å². The van der Waals surface area contributed by atoms with Crippen LogP contribution in [0.25, 0.3) is 0 Å². The van der Waals surface area contributed by atoms with Crippen LogP contribution < -0.4 is 0 Å². The lowest BCUT2D eigenvalue weighted by Crippen LogP contribution is -2.41. The molecule has 4 nitrogen and oxygen atoms in total. The van der Waals surface area contributed by atoms with Crippen LogP contribution in [-0.4, -0.2) is 29.5 Å². The lowest BCUT2D eigenvalue weighted by atomic mass is 10.0. The predicted octanol–water partition coefficient (Wildman–Crippen LogP) is 4.91. The molecular weight excluding hydrogens is 278 g/mol. The van der Waals surface area contributed by atoms with E-state index >= 15 is 0 Å². The largest absolute Gasteiger partial charge is 0.447 e. The molecule has 1 rings (SSSR count). The zero-order valence-corrected chi connectivity index (χ0v) is 14.6. The van der Waals surface area contributed by atoms with E-state index in [9.17, 15) is 9.59 Å². The Morgan fingerprint density at radius 1 is 1.09 bits per heavy atom. The molecule has 128 valence electrons. The average molecular weight is 311 g/mol. The molecule has 1 atom stereocenters. The third kappa shape index (κ3) is 6.37. The molecule has 1 heterocycles. The number of carbonyl (C=O) groups excluding carboxylic acids is 2. The Balaban J connectivity index is 2.11.